The van der Waals surface area contributed by atoms with Gasteiger partial charge in [-0.25, -0.2) is 13.8 Å². The first kappa shape index (κ1) is 22.3. The Morgan fingerprint density at radius 2 is 1.97 bits per heavy atom. The molecule has 1 aromatic carbocycles. The minimum Gasteiger partial charge on any atom is -0.348 e. The van der Waals surface area contributed by atoms with Crippen molar-refractivity contribution in [3.05, 3.63) is 59.2 Å². The highest BCUT2D eigenvalue weighted by molar-refractivity contribution is 6.09. The van der Waals surface area contributed by atoms with Crippen molar-refractivity contribution in [1.29, 1.82) is 0 Å². The largest absolute Gasteiger partial charge is 0.348 e. The van der Waals surface area contributed by atoms with Crippen LogP contribution in [-0.4, -0.2) is 31.7 Å². The van der Waals surface area contributed by atoms with E-state index in [1.807, 2.05) is 48.7 Å². The molecule has 4 heterocycles. The first-order valence-electron chi connectivity index (χ1n) is 11.5. The highest BCUT2D eigenvalue weighted by Crippen LogP contribution is 2.41. The number of carbonyl (C=O) groups is 1. The van der Waals surface area contributed by atoms with Crippen molar-refractivity contribution in [1.82, 2.24) is 19.3 Å². The summed E-state index contributed by atoms with van der Waals surface area (Å²) in [5, 5.41) is 5.01. The van der Waals surface area contributed by atoms with Crippen LogP contribution in [0.3, 0.4) is 0 Å². The number of carbonyl (C=O) groups excluding carboxylic acids is 1. The lowest BCUT2D eigenvalue weighted by Crippen LogP contribution is -2.26. The highest BCUT2D eigenvalue weighted by Gasteiger charge is 2.26. The number of anilines is 2. The number of hydrogen-bond acceptors (Lipinski definition) is 4. The minimum atomic E-state index is -2.62. The molecular weight excluding hydrogens is 436 g/mol. The molecule has 34 heavy (non-hydrogen) atoms. The van der Waals surface area contributed by atoms with Crippen molar-refractivity contribution in [2.24, 2.45) is 14.1 Å². The fraction of sp³-hybridized carbons (Fsp3) is 0.346. The van der Waals surface area contributed by atoms with Gasteiger partial charge in [0.25, 0.3) is 6.43 Å². The Bertz CT molecular complexity index is 1420. The lowest BCUT2D eigenvalue weighted by molar-refractivity contribution is 0.0989. The number of aromatic nitrogens is 4. The molecule has 5 rings (SSSR count). The van der Waals surface area contributed by atoms with Crippen molar-refractivity contribution < 1.29 is 13.6 Å². The number of hydrogen-bond donors (Lipinski definition) is 0. The van der Waals surface area contributed by atoms with E-state index < -0.39 is 6.43 Å². The molecule has 0 saturated heterocycles. The van der Waals surface area contributed by atoms with E-state index in [0.29, 0.717) is 35.5 Å². The maximum Gasteiger partial charge on any atom is 0.264 e. The van der Waals surface area contributed by atoms with Crippen molar-refractivity contribution >= 4 is 28.2 Å². The van der Waals surface area contributed by atoms with Gasteiger partial charge in [-0.05, 0) is 49.1 Å². The van der Waals surface area contributed by atoms with E-state index in [9.17, 15) is 13.6 Å². The lowest BCUT2D eigenvalue weighted by Gasteiger charge is -2.32. The zero-order chi connectivity index (χ0) is 24.1. The number of pyridine rings is 1. The first-order valence-corrected chi connectivity index (χ1v) is 11.5. The number of fused-ring (bicyclic) bond motifs is 2. The Morgan fingerprint density at radius 3 is 2.65 bits per heavy atom. The van der Waals surface area contributed by atoms with Gasteiger partial charge in [0.15, 0.2) is 5.78 Å². The van der Waals surface area contributed by atoms with Crippen LogP contribution < -0.4 is 4.90 Å². The van der Waals surface area contributed by atoms with Crippen molar-refractivity contribution in [3.63, 3.8) is 0 Å². The second-order valence-electron chi connectivity index (χ2n) is 8.92. The van der Waals surface area contributed by atoms with Gasteiger partial charge in [0, 0.05) is 67.2 Å². The topological polar surface area (TPSA) is 56.0 Å². The summed E-state index contributed by atoms with van der Waals surface area (Å²) < 4.78 is 31.9. The molecule has 1 aliphatic heterocycles. The summed E-state index contributed by atoms with van der Waals surface area (Å²) in [6, 6.07) is 5.41. The van der Waals surface area contributed by atoms with E-state index in [2.05, 4.69) is 5.10 Å². The number of aryl methyl sites for hydroxylation is 4. The summed E-state index contributed by atoms with van der Waals surface area (Å²) in [6.45, 7) is 4.44. The van der Waals surface area contributed by atoms with Crippen LogP contribution in [0.4, 0.5) is 20.3 Å². The smallest absolute Gasteiger partial charge is 0.264 e. The number of Topliss-reactive ketones (excluding diaryl/α,β-unsaturated/α-hetero) is 1. The molecule has 3 aromatic heterocycles. The quantitative estimate of drug-likeness (QED) is 0.346. The zero-order valence-corrected chi connectivity index (χ0v) is 19.8. The van der Waals surface area contributed by atoms with Gasteiger partial charge in [-0.2, -0.15) is 5.10 Å². The molecule has 0 atom stereocenters. The van der Waals surface area contributed by atoms with Crippen LogP contribution in [0.25, 0.3) is 22.0 Å². The van der Waals surface area contributed by atoms with E-state index in [1.54, 1.807) is 30.2 Å². The molecule has 0 amide bonds. The second kappa shape index (κ2) is 8.34. The van der Waals surface area contributed by atoms with Gasteiger partial charge in [0.05, 0.1) is 17.4 Å². The zero-order valence-electron chi connectivity index (χ0n) is 19.8. The number of nitrogens with zero attached hydrogens (tertiary/aromatic N) is 5. The maximum atomic E-state index is 14.2. The SMILES string of the molecule is CCC(=O)c1cn(C)c2c(C)nc(N3CCCc4cc(-c5cnn(C)c5)c(C(F)F)cc43)cc12. The first-order chi connectivity index (χ1) is 16.3. The molecule has 4 aromatic rings. The molecule has 176 valence electrons. The lowest BCUT2D eigenvalue weighted by atomic mass is 9.93. The predicted octanol–water partition coefficient (Wildman–Crippen LogP) is 5.90. The van der Waals surface area contributed by atoms with Crippen LogP contribution in [-0.2, 0) is 20.5 Å². The number of alkyl halides is 2. The average Bonchev–Trinajstić information content (AvgIpc) is 3.40. The predicted molar refractivity (Wildman–Crippen MR) is 129 cm³/mol. The molecule has 0 bridgehead atoms. The molecule has 0 fully saturated rings. The van der Waals surface area contributed by atoms with Crippen LogP contribution in [0, 0.1) is 6.92 Å². The van der Waals surface area contributed by atoms with Gasteiger partial charge in [-0.15, -0.1) is 0 Å². The molecular formula is C26H27F2N5O. The molecule has 0 aliphatic carbocycles. The molecule has 0 saturated carbocycles. The molecule has 8 heteroatoms. The third kappa shape index (κ3) is 3.57. The highest BCUT2D eigenvalue weighted by atomic mass is 19.3. The average molecular weight is 464 g/mol. The molecule has 0 spiro atoms. The van der Waals surface area contributed by atoms with E-state index in [4.69, 9.17) is 4.98 Å². The third-order valence-electron chi connectivity index (χ3n) is 6.64. The molecule has 0 radical (unpaired) electrons. The summed E-state index contributed by atoms with van der Waals surface area (Å²) in [6.07, 6.45) is 4.70. The van der Waals surface area contributed by atoms with E-state index >= 15 is 0 Å². The molecule has 0 unspecified atom stereocenters. The van der Waals surface area contributed by atoms with Gasteiger partial charge in [-0.3, -0.25) is 9.48 Å². The minimum absolute atomic E-state index is 0.0157. The van der Waals surface area contributed by atoms with E-state index in [1.165, 1.54) is 0 Å². The fourth-order valence-electron chi connectivity index (χ4n) is 5.06. The Morgan fingerprint density at radius 1 is 1.18 bits per heavy atom. The summed E-state index contributed by atoms with van der Waals surface area (Å²) in [5.41, 5.74) is 5.33. The number of benzene rings is 1. The number of rotatable bonds is 5. The van der Waals surface area contributed by atoms with Gasteiger partial charge in [0.1, 0.15) is 5.82 Å². The number of ketones is 1. The van der Waals surface area contributed by atoms with Gasteiger partial charge in [0.2, 0.25) is 0 Å². The van der Waals surface area contributed by atoms with Gasteiger partial charge in [-0.1, -0.05) is 6.92 Å². The summed E-state index contributed by atoms with van der Waals surface area (Å²) in [4.78, 5) is 19.4. The standard InChI is InChI=1S/C26H27F2N5O/c1-5-23(34)21-14-31(3)25-15(2)30-24(11-19(21)25)33-8-6-7-16-9-18(17-12-29-32(4)13-17)20(26(27)28)10-22(16)33/h9-14,26H,5-8H2,1-4H3. The van der Waals surface area contributed by atoms with Gasteiger partial charge >= 0.3 is 0 Å². The summed E-state index contributed by atoms with van der Waals surface area (Å²) >= 11 is 0. The molecule has 6 nitrogen and oxygen atoms in total. The van der Waals surface area contributed by atoms with Crippen molar-refractivity contribution in [2.45, 2.75) is 39.5 Å². The Kier molecular flexibility index (Phi) is 5.46. The Labute approximate surface area is 196 Å². The Hall–Kier alpha value is -3.55. The van der Waals surface area contributed by atoms with Crippen LogP contribution >= 0.6 is 0 Å². The maximum absolute atomic E-state index is 14.2. The molecule has 1 aliphatic rings. The number of halogens is 2. The van der Waals surface area contributed by atoms with E-state index in [-0.39, 0.29) is 11.3 Å². The van der Waals surface area contributed by atoms with Crippen molar-refractivity contribution in [3.8, 4) is 11.1 Å². The van der Waals surface area contributed by atoms with Gasteiger partial charge < -0.3 is 9.47 Å². The van der Waals surface area contributed by atoms with Crippen LogP contribution in [0.15, 0.2) is 36.8 Å². The summed E-state index contributed by atoms with van der Waals surface area (Å²) in [5.74, 6) is 0.749. The van der Waals surface area contributed by atoms with E-state index in [0.717, 1.165) is 40.7 Å². The molecule has 0 N–H and O–H groups in total. The Balaban J connectivity index is 1.68. The second-order valence-corrected chi connectivity index (χ2v) is 8.92. The van der Waals surface area contributed by atoms with Crippen LogP contribution in [0.2, 0.25) is 0 Å². The van der Waals surface area contributed by atoms with Crippen LogP contribution in [0.1, 0.15) is 53.4 Å². The third-order valence-corrected chi connectivity index (χ3v) is 6.64. The monoisotopic (exact) mass is 463 g/mol. The van der Waals surface area contributed by atoms with Crippen LogP contribution in [0.5, 0.6) is 0 Å². The fourth-order valence-corrected chi connectivity index (χ4v) is 5.06. The summed E-state index contributed by atoms with van der Waals surface area (Å²) in [7, 11) is 3.69. The van der Waals surface area contributed by atoms with Crippen molar-refractivity contribution in [2.75, 3.05) is 11.4 Å². The normalized spacial score (nSPS) is 13.7.